The minimum atomic E-state index is -0.130. The summed E-state index contributed by atoms with van der Waals surface area (Å²) in [7, 11) is 1.48. The zero-order valence-corrected chi connectivity index (χ0v) is 15.2. The number of carbonyl (C=O) groups is 1. The number of methoxy groups -OCH3 is 1. The molecule has 0 spiro atoms. The molecule has 0 aromatic rings. The molecule has 0 radical (unpaired) electrons. The van der Waals surface area contributed by atoms with Gasteiger partial charge in [0, 0.05) is 39.3 Å². The molecule has 0 bridgehead atoms. The molecule has 6 nitrogen and oxygen atoms in total. The van der Waals surface area contributed by atoms with Crippen molar-refractivity contribution in [3.05, 3.63) is 0 Å². The molecule has 1 unspecified atom stereocenters. The van der Waals surface area contributed by atoms with Gasteiger partial charge in [-0.3, -0.25) is 14.6 Å². The van der Waals surface area contributed by atoms with Crippen LogP contribution in [0, 0.1) is 5.92 Å². The molecule has 5 atom stereocenters. The van der Waals surface area contributed by atoms with Gasteiger partial charge in [0.25, 0.3) is 0 Å². The molecular formula is C17H32N2O4. The molecule has 6 heteroatoms. The lowest BCUT2D eigenvalue weighted by Gasteiger charge is -2.39. The number of morpholine rings is 2. The van der Waals surface area contributed by atoms with Gasteiger partial charge in [0.15, 0.2) is 0 Å². The van der Waals surface area contributed by atoms with E-state index in [4.69, 9.17) is 14.2 Å². The topological polar surface area (TPSA) is 51.2 Å². The zero-order valence-electron chi connectivity index (χ0n) is 15.2. The Hall–Kier alpha value is -0.690. The van der Waals surface area contributed by atoms with E-state index in [1.54, 1.807) is 0 Å². The monoisotopic (exact) mass is 328 g/mol. The van der Waals surface area contributed by atoms with Crippen molar-refractivity contribution in [1.82, 2.24) is 9.80 Å². The van der Waals surface area contributed by atoms with E-state index in [0.717, 1.165) is 39.3 Å². The van der Waals surface area contributed by atoms with Crippen LogP contribution < -0.4 is 0 Å². The second kappa shape index (κ2) is 8.42. The quantitative estimate of drug-likeness (QED) is 0.702. The Morgan fingerprint density at radius 2 is 1.26 bits per heavy atom. The predicted octanol–water partition coefficient (Wildman–Crippen LogP) is 0.994. The Morgan fingerprint density at radius 1 is 0.913 bits per heavy atom. The minimum Gasteiger partial charge on any atom is -0.469 e. The van der Waals surface area contributed by atoms with Gasteiger partial charge in [-0.1, -0.05) is 0 Å². The summed E-state index contributed by atoms with van der Waals surface area (Å²) in [6, 6.07) is 0. The first-order valence-corrected chi connectivity index (χ1v) is 8.70. The van der Waals surface area contributed by atoms with Crippen molar-refractivity contribution in [1.29, 1.82) is 0 Å². The average molecular weight is 328 g/mol. The fraction of sp³-hybridized carbons (Fsp3) is 0.941. The first kappa shape index (κ1) is 18.6. The maximum atomic E-state index is 12.2. The Labute approximate surface area is 140 Å². The van der Waals surface area contributed by atoms with Crippen LogP contribution in [-0.2, 0) is 19.0 Å². The normalized spacial score (nSPS) is 35.0. The Kier molecular flexibility index (Phi) is 6.83. The first-order valence-electron chi connectivity index (χ1n) is 8.70. The molecule has 2 fully saturated rings. The van der Waals surface area contributed by atoms with Crippen LogP contribution in [0.4, 0.5) is 0 Å². The van der Waals surface area contributed by atoms with Gasteiger partial charge in [0.2, 0.25) is 0 Å². The Balaban J connectivity index is 1.95. The summed E-state index contributed by atoms with van der Waals surface area (Å²) in [5.74, 6) is -0.251. The smallest absolute Gasteiger partial charge is 0.311 e. The fourth-order valence-corrected chi connectivity index (χ4v) is 3.86. The van der Waals surface area contributed by atoms with Crippen LogP contribution in [0.5, 0.6) is 0 Å². The molecule has 0 saturated carbocycles. The summed E-state index contributed by atoms with van der Waals surface area (Å²) in [6.45, 7) is 13.3. The van der Waals surface area contributed by atoms with E-state index in [-0.39, 0.29) is 36.3 Å². The highest BCUT2D eigenvalue weighted by molar-refractivity contribution is 5.72. The third-order valence-electron chi connectivity index (χ3n) is 4.48. The molecule has 0 amide bonds. The third kappa shape index (κ3) is 5.71. The van der Waals surface area contributed by atoms with Crippen molar-refractivity contribution in [2.45, 2.75) is 52.1 Å². The Bertz CT molecular complexity index is 345. The fourth-order valence-electron chi connectivity index (χ4n) is 3.86. The number of esters is 1. The lowest BCUT2D eigenvalue weighted by Crippen LogP contribution is -2.52. The van der Waals surface area contributed by atoms with Gasteiger partial charge in [-0.05, 0) is 27.7 Å². The largest absolute Gasteiger partial charge is 0.469 e. The molecule has 2 saturated heterocycles. The van der Waals surface area contributed by atoms with Crippen LogP contribution in [0.1, 0.15) is 27.7 Å². The molecule has 2 rings (SSSR count). The SMILES string of the molecule is COC(=O)C(CN1C[C@@H](C)O[C@H](C)C1)CN1C[C@@H](C)O[C@@H](C)C1. The van der Waals surface area contributed by atoms with Gasteiger partial charge in [-0.25, -0.2) is 0 Å². The van der Waals surface area contributed by atoms with Crippen molar-refractivity contribution in [2.24, 2.45) is 5.92 Å². The molecule has 2 aliphatic rings. The van der Waals surface area contributed by atoms with Crippen LogP contribution in [-0.4, -0.2) is 86.6 Å². The van der Waals surface area contributed by atoms with Crippen molar-refractivity contribution in [3.63, 3.8) is 0 Å². The van der Waals surface area contributed by atoms with Crippen molar-refractivity contribution >= 4 is 5.97 Å². The molecule has 134 valence electrons. The number of ether oxygens (including phenoxy) is 3. The lowest BCUT2D eigenvalue weighted by molar-refractivity contribution is -0.150. The van der Waals surface area contributed by atoms with E-state index < -0.39 is 0 Å². The van der Waals surface area contributed by atoms with Gasteiger partial charge in [-0.15, -0.1) is 0 Å². The third-order valence-corrected chi connectivity index (χ3v) is 4.48. The maximum Gasteiger partial charge on any atom is 0.311 e. The molecule has 0 aromatic carbocycles. The lowest BCUT2D eigenvalue weighted by atomic mass is 10.1. The van der Waals surface area contributed by atoms with Gasteiger partial charge in [0.05, 0.1) is 37.4 Å². The molecule has 0 aromatic heterocycles. The highest BCUT2D eigenvalue weighted by Crippen LogP contribution is 2.17. The average Bonchev–Trinajstić information content (AvgIpc) is 2.43. The second-order valence-corrected chi connectivity index (χ2v) is 7.17. The van der Waals surface area contributed by atoms with Crippen LogP contribution in [0.3, 0.4) is 0 Å². The summed E-state index contributed by atoms with van der Waals surface area (Å²) < 4.78 is 16.6. The Morgan fingerprint density at radius 3 is 1.57 bits per heavy atom. The van der Waals surface area contributed by atoms with E-state index in [9.17, 15) is 4.79 Å². The number of hydrogen-bond acceptors (Lipinski definition) is 6. The predicted molar refractivity (Wildman–Crippen MR) is 88.4 cm³/mol. The molecular weight excluding hydrogens is 296 g/mol. The van der Waals surface area contributed by atoms with E-state index in [0.29, 0.717) is 0 Å². The number of hydrogen-bond donors (Lipinski definition) is 0. The molecule has 0 N–H and O–H groups in total. The van der Waals surface area contributed by atoms with Crippen molar-refractivity contribution in [2.75, 3.05) is 46.4 Å². The van der Waals surface area contributed by atoms with Crippen molar-refractivity contribution in [3.8, 4) is 0 Å². The molecule has 0 aliphatic carbocycles. The van der Waals surface area contributed by atoms with Gasteiger partial charge in [0.1, 0.15) is 0 Å². The highest BCUT2D eigenvalue weighted by Gasteiger charge is 2.31. The second-order valence-electron chi connectivity index (χ2n) is 7.17. The van der Waals surface area contributed by atoms with Crippen LogP contribution in [0.25, 0.3) is 0 Å². The molecule has 23 heavy (non-hydrogen) atoms. The van der Waals surface area contributed by atoms with E-state index >= 15 is 0 Å². The molecule has 2 heterocycles. The number of rotatable bonds is 5. The van der Waals surface area contributed by atoms with E-state index in [1.165, 1.54) is 7.11 Å². The summed E-state index contributed by atoms with van der Waals surface area (Å²) in [5, 5.41) is 0. The van der Waals surface area contributed by atoms with E-state index in [1.807, 2.05) is 0 Å². The van der Waals surface area contributed by atoms with Crippen LogP contribution in [0.15, 0.2) is 0 Å². The maximum absolute atomic E-state index is 12.2. The molecule has 2 aliphatic heterocycles. The van der Waals surface area contributed by atoms with Crippen molar-refractivity contribution < 1.29 is 19.0 Å². The summed E-state index contributed by atoms with van der Waals surface area (Å²) in [6.07, 6.45) is 0.835. The number of carbonyl (C=O) groups excluding carboxylic acids is 1. The summed E-state index contributed by atoms with van der Waals surface area (Å²) in [5.41, 5.74) is 0. The first-order chi connectivity index (χ1) is 10.9. The van der Waals surface area contributed by atoms with E-state index in [2.05, 4.69) is 37.5 Å². The van der Waals surface area contributed by atoms with Gasteiger partial charge >= 0.3 is 5.97 Å². The van der Waals surface area contributed by atoms with Crippen LogP contribution in [0.2, 0.25) is 0 Å². The highest BCUT2D eigenvalue weighted by atomic mass is 16.5. The standard InChI is InChI=1S/C17H32N2O4/c1-12-6-18(7-13(2)22-12)10-16(17(20)21-5)11-19-8-14(3)23-15(4)9-19/h12-16H,6-11H2,1-5H3/t12-,13-,14-,15+,16?/m1/s1. The van der Waals surface area contributed by atoms with Gasteiger partial charge < -0.3 is 14.2 Å². The minimum absolute atomic E-state index is 0.122. The number of nitrogens with zero attached hydrogens (tertiary/aromatic N) is 2. The van der Waals surface area contributed by atoms with Gasteiger partial charge in [-0.2, -0.15) is 0 Å². The van der Waals surface area contributed by atoms with Crippen LogP contribution >= 0.6 is 0 Å². The summed E-state index contributed by atoms with van der Waals surface area (Å²) in [4.78, 5) is 16.9. The zero-order chi connectivity index (χ0) is 17.0. The summed E-state index contributed by atoms with van der Waals surface area (Å²) >= 11 is 0.